The van der Waals surface area contributed by atoms with Crippen LogP contribution in [0.1, 0.15) is 30.1 Å². The van der Waals surface area contributed by atoms with Crippen LogP contribution in [0.25, 0.3) is 0 Å². The summed E-state index contributed by atoms with van der Waals surface area (Å²) in [6, 6.07) is 10.6. The molecule has 0 aliphatic carbocycles. The molecule has 2 aromatic rings. The van der Waals surface area contributed by atoms with Gasteiger partial charge in [0.25, 0.3) is 0 Å². The van der Waals surface area contributed by atoms with Crippen LogP contribution in [0.15, 0.2) is 35.7 Å². The van der Waals surface area contributed by atoms with Crippen LogP contribution in [-0.2, 0) is 13.1 Å². The number of rotatable bonds is 7. The Balaban J connectivity index is 2.16. The van der Waals surface area contributed by atoms with Crippen LogP contribution in [-0.4, -0.2) is 27.6 Å². The molecule has 0 spiro atoms. The minimum atomic E-state index is 0.148. The average Bonchev–Trinajstić information content (AvgIpc) is 2.85. The minimum absolute atomic E-state index is 0.148. The topological polar surface area (TPSA) is 36.4 Å². The lowest BCUT2D eigenvalue weighted by Gasteiger charge is -2.32. The maximum absolute atomic E-state index is 9.77. The molecule has 1 unspecified atom stereocenters. The van der Waals surface area contributed by atoms with E-state index in [1.54, 1.807) is 11.3 Å². The lowest BCUT2D eigenvalue weighted by molar-refractivity contribution is 0.0783. The standard InChI is InChI=1S/C17H24N2OS/c1-13(2)16(11-20)19(9-15-7-5-4-6-8-15)10-17-18-14(3)12-21-17/h4-8,12-13,16,20H,9-11H2,1-3H3. The quantitative estimate of drug-likeness (QED) is 0.851. The van der Waals surface area contributed by atoms with Gasteiger partial charge in [0.05, 0.1) is 13.2 Å². The fourth-order valence-corrected chi connectivity index (χ4v) is 3.30. The highest BCUT2D eigenvalue weighted by atomic mass is 32.1. The van der Waals surface area contributed by atoms with E-state index in [0.717, 1.165) is 23.8 Å². The molecule has 4 heteroatoms. The van der Waals surface area contributed by atoms with E-state index in [1.165, 1.54) is 5.56 Å². The first-order chi connectivity index (χ1) is 10.1. The Hall–Kier alpha value is -1.23. The van der Waals surface area contributed by atoms with Crippen LogP contribution < -0.4 is 0 Å². The van der Waals surface area contributed by atoms with Crippen molar-refractivity contribution in [1.82, 2.24) is 9.88 Å². The first-order valence-electron chi connectivity index (χ1n) is 7.40. The van der Waals surface area contributed by atoms with Crippen LogP contribution >= 0.6 is 11.3 Å². The number of hydrogen-bond donors (Lipinski definition) is 1. The van der Waals surface area contributed by atoms with Gasteiger partial charge in [0.1, 0.15) is 5.01 Å². The molecule has 114 valence electrons. The summed E-state index contributed by atoms with van der Waals surface area (Å²) in [7, 11) is 0. The molecule has 3 nitrogen and oxygen atoms in total. The zero-order chi connectivity index (χ0) is 15.2. The number of hydrogen-bond acceptors (Lipinski definition) is 4. The Bertz CT molecular complexity index is 539. The molecule has 1 aromatic heterocycles. The van der Waals surface area contributed by atoms with Gasteiger partial charge in [-0.15, -0.1) is 11.3 Å². The summed E-state index contributed by atoms with van der Waals surface area (Å²) in [4.78, 5) is 6.89. The molecule has 0 aliphatic rings. The van der Waals surface area contributed by atoms with Gasteiger partial charge in [0.2, 0.25) is 0 Å². The molecule has 0 radical (unpaired) electrons. The number of aliphatic hydroxyl groups excluding tert-OH is 1. The van der Waals surface area contributed by atoms with Crippen molar-refractivity contribution in [2.75, 3.05) is 6.61 Å². The van der Waals surface area contributed by atoms with Crippen LogP contribution in [0.3, 0.4) is 0 Å². The fraction of sp³-hybridized carbons (Fsp3) is 0.471. The van der Waals surface area contributed by atoms with Crippen molar-refractivity contribution in [3.05, 3.63) is 52.0 Å². The summed E-state index contributed by atoms with van der Waals surface area (Å²) >= 11 is 1.69. The molecule has 0 saturated carbocycles. The molecule has 1 atom stereocenters. The molecule has 1 heterocycles. The lowest BCUT2D eigenvalue weighted by atomic mass is 10.0. The summed E-state index contributed by atoms with van der Waals surface area (Å²) in [5.41, 5.74) is 2.34. The van der Waals surface area contributed by atoms with Crippen LogP contribution in [0.5, 0.6) is 0 Å². The largest absolute Gasteiger partial charge is 0.395 e. The first-order valence-corrected chi connectivity index (χ1v) is 8.28. The van der Waals surface area contributed by atoms with Gasteiger partial charge in [-0.05, 0) is 18.4 Å². The van der Waals surface area contributed by atoms with E-state index in [2.05, 4.69) is 53.4 Å². The fourth-order valence-electron chi connectivity index (χ4n) is 2.51. The summed E-state index contributed by atoms with van der Waals surface area (Å²) in [6.45, 7) is 8.14. The molecule has 0 saturated heterocycles. The van der Waals surface area contributed by atoms with E-state index >= 15 is 0 Å². The van der Waals surface area contributed by atoms with Crippen molar-refractivity contribution < 1.29 is 5.11 Å². The summed E-state index contributed by atoms with van der Waals surface area (Å²) in [6.07, 6.45) is 0. The average molecular weight is 304 g/mol. The maximum atomic E-state index is 9.77. The smallest absolute Gasteiger partial charge is 0.107 e. The van der Waals surface area contributed by atoms with Crippen molar-refractivity contribution in [3.63, 3.8) is 0 Å². The highest BCUT2D eigenvalue weighted by Gasteiger charge is 2.22. The number of thiazole rings is 1. The molecule has 0 fully saturated rings. The second kappa shape index (κ2) is 7.69. The van der Waals surface area contributed by atoms with Crippen molar-refractivity contribution >= 4 is 11.3 Å². The molecule has 0 bridgehead atoms. The molecule has 1 aromatic carbocycles. The molecule has 0 aliphatic heterocycles. The molecular weight excluding hydrogens is 280 g/mol. The molecular formula is C17H24N2OS. The van der Waals surface area contributed by atoms with Crippen LogP contribution in [0, 0.1) is 12.8 Å². The van der Waals surface area contributed by atoms with Crippen molar-refractivity contribution in [2.45, 2.75) is 39.9 Å². The van der Waals surface area contributed by atoms with Crippen LogP contribution in [0.4, 0.5) is 0 Å². The van der Waals surface area contributed by atoms with E-state index < -0.39 is 0 Å². The Kier molecular flexibility index (Phi) is 5.91. The zero-order valence-electron chi connectivity index (χ0n) is 13.0. The second-order valence-electron chi connectivity index (χ2n) is 5.77. The third kappa shape index (κ3) is 4.63. The number of nitrogens with zero attached hydrogens (tertiary/aromatic N) is 2. The number of benzene rings is 1. The Morgan fingerprint density at radius 3 is 2.43 bits per heavy atom. The van der Waals surface area contributed by atoms with Gasteiger partial charge in [-0.25, -0.2) is 4.98 Å². The predicted molar refractivity (Wildman–Crippen MR) is 88.3 cm³/mol. The zero-order valence-corrected chi connectivity index (χ0v) is 13.8. The van der Waals surface area contributed by atoms with Gasteiger partial charge in [-0.2, -0.15) is 0 Å². The number of aliphatic hydroxyl groups is 1. The van der Waals surface area contributed by atoms with Gasteiger partial charge in [-0.1, -0.05) is 44.2 Å². The summed E-state index contributed by atoms with van der Waals surface area (Å²) in [5, 5.41) is 13.0. The third-order valence-electron chi connectivity index (χ3n) is 3.66. The van der Waals surface area contributed by atoms with Gasteiger partial charge in [0, 0.05) is 23.7 Å². The summed E-state index contributed by atoms with van der Waals surface area (Å²) < 4.78 is 0. The minimum Gasteiger partial charge on any atom is -0.395 e. The predicted octanol–water partition coefficient (Wildman–Crippen LogP) is 3.47. The maximum Gasteiger partial charge on any atom is 0.107 e. The highest BCUT2D eigenvalue weighted by molar-refractivity contribution is 7.09. The van der Waals surface area contributed by atoms with E-state index in [4.69, 9.17) is 0 Å². The monoisotopic (exact) mass is 304 g/mol. The Morgan fingerprint density at radius 2 is 1.90 bits per heavy atom. The number of aromatic nitrogens is 1. The van der Waals surface area contributed by atoms with Crippen molar-refractivity contribution in [2.24, 2.45) is 5.92 Å². The van der Waals surface area contributed by atoms with E-state index in [0.29, 0.717) is 5.92 Å². The molecule has 2 rings (SSSR count). The van der Waals surface area contributed by atoms with E-state index in [1.807, 2.05) is 13.0 Å². The SMILES string of the molecule is Cc1csc(CN(Cc2ccccc2)C(CO)C(C)C)n1. The normalized spacial score (nSPS) is 13.0. The van der Waals surface area contributed by atoms with Gasteiger partial charge in [-0.3, -0.25) is 4.90 Å². The van der Waals surface area contributed by atoms with E-state index in [9.17, 15) is 5.11 Å². The molecule has 1 N–H and O–H groups in total. The van der Waals surface area contributed by atoms with E-state index in [-0.39, 0.29) is 12.6 Å². The molecule has 21 heavy (non-hydrogen) atoms. The van der Waals surface area contributed by atoms with Crippen LogP contribution in [0.2, 0.25) is 0 Å². The van der Waals surface area contributed by atoms with Gasteiger partial charge >= 0.3 is 0 Å². The highest BCUT2D eigenvalue weighted by Crippen LogP contribution is 2.20. The Labute approximate surface area is 131 Å². The lowest BCUT2D eigenvalue weighted by Crippen LogP contribution is -2.40. The Morgan fingerprint density at radius 1 is 1.19 bits per heavy atom. The summed E-state index contributed by atoms with van der Waals surface area (Å²) in [5.74, 6) is 0.403. The second-order valence-corrected chi connectivity index (χ2v) is 6.71. The molecule has 0 amide bonds. The third-order valence-corrected chi connectivity index (χ3v) is 4.61. The van der Waals surface area contributed by atoms with Crippen molar-refractivity contribution in [1.29, 1.82) is 0 Å². The van der Waals surface area contributed by atoms with Gasteiger partial charge < -0.3 is 5.11 Å². The first kappa shape index (κ1) is 16.1. The van der Waals surface area contributed by atoms with Gasteiger partial charge in [0.15, 0.2) is 0 Å². The number of aryl methyl sites for hydroxylation is 1. The van der Waals surface area contributed by atoms with Crippen molar-refractivity contribution in [3.8, 4) is 0 Å².